The van der Waals surface area contributed by atoms with Crippen molar-refractivity contribution < 1.29 is 38.7 Å². The maximum absolute atomic E-state index is 13.7. The summed E-state index contributed by atoms with van der Waals surface area (Å²) in [5.74, 6) is 1.70. The van der Waals surface area contributed by atoms with E-state index >= 15 is 0 Å². The van der Waals surface area contributed by atoms with Gasteiger partial charge in [-0.2, -0.15) is 0 Å². The number of hydrogen-bond donors (Lipinski definition) is 6. The van der Waals surface area contributed by atoms with Crippen molar-refractivity contribution in [1.82, 2.24) is 20.2 Å². The van der Waals surface area contributed by atoms with Crippen LogP contribution in [0.5, 0.6) is 23.0 Å². The van der Waals surface area contributed by atoms with Crippen LogP contribution in [0, 0.1) is 6.92 Å². The molecule has 4 aliphatic heterocycles. The summed E-state index contributed by atoms with van der Waals surface area (Å²) in [6, 6.07) is 20.4. The van der Waals surface area contributed by atoms with Crippen LogP contribution < -0.4 is 36.2 Å². The van der Waals surface area contributed by atoms with Gasteiger partial charge in [0.15, 0.2) is 10.7 Å². The van der Waals surface area contributed by atoms with Gasteiger partial charge in [-0.25, -0.2) is 14.8 Å². The number of nitrogens with zero attached hydrogens (tertiary/aromatic N) is 5. The second-order valence-corrected chi connectivity index (χ2v) is 17.2. The van der Waals surface area contributed by atoms with E-state index in [2.05, 4.69) is 32.4 Å². The van der Waals surface area contributed by atoms with E-state index in [4.69, 9.17) is 41.9 Å². The molecule has 18 heteroatoms. The highest BCUT2D eigenvalue weighted by Crippen LogP contribution is 2.57. The molecule has 2 aromatic heterocycles. The van der Waals surface area contributed by atoms with Gasteiger partial charge in [-0.05, 0) is 99.2 Å². The molecule has 4 aliphatic rings. The van der Waals surface area contributed by atoms with E-state index in [9.17, 15) is 19.8 Å². The normalized spacial score (nSPS) is 15.4. The number of fused-ring (bicyclic) bond motifs is 7. The topological polar surface area (TPSA) is 209 Å². The number of rotatable bonds is 16. The number of aromatic hydroxyl groups is 2. The summed E-state index contributed by atoms with van der Waals surface area (Å²) in [5, 5.41) is 30.2. The van der Waals surface area contributed by atoms with Gasteiger partial charge in [0.25, 0.3) is 0 Å². The van der Waals surface area contributed by atoms with Crippen LogP contribution >= 0.6 is 12.2 Å². The molecule has 1 amide bonds. The van der Waals surface area contributed by atoms with E-state index < -0.39 is 11.6 Å². The first-order chi connectivity index (χ1) is 32.5. The van der Waals surface area contributed by atoms with Crippen molar-refractivity contribution in [3.8, 4) is 23.0 Å². The van der Waals surface area contributed by atoms with Gasteiger partial charge in [-0.15, -0.1) is 0 Å². The highest BCUT2D eigenvalue weighted by Gasteiger charge is 2.53. The summed E-state index contributed by atoms with van der Waals surface area (Å²) < 4.78 is 23.8. The number of ether oxygens (including phenoxy) is 4. The molecule has 7 N–H and O–H groups in total. The number of anilines is 5. The van der Waals surface area contributed by atoms with E-state index in [1.165, 1.54) is 43.5 Å². The van der Waals surface area contributed by atoms with Crippen molar-refractivity contribution in [3.63, 3.8) is 0 Å². The number of aromatic nitrogens is 2. The molecule has 348 valence electrons. The number of phenols is 2. The Morgan fingerprint density at radius 1 is 0.955 bits per heavy atom. The Hall–Kier alpha value is -6.99. The smallest absolute Gasteiger partial charge is 0.340 e. The molecule has 9 rings (SSSR count). The molecular formula is C49H53N9O8S. The van der Waals surface area contributed by atoms with Crippen molar-refractivity contribution in [1.29, 1.82) is 0 Å². The molecule has 17 nitrogen and oxygen atoms in total. The lowest BCUT2D eigenvalue weighted by atomic mass is 9.77. The van der Waals surface area contributed by atoms with Crippen LogP contribution in [-0.2, 0) is 31.2 Å². The average Bonchev–Trinajstić information content (AvgIpc) is 3.78. The first-order valence-electron chi connectivity index (χ1n) is 22.4. The number of carbonyl (C=O) groups is 2. The Kier molecular flexibility index (Phi) is 13.1. The Bertz CT molecular complexity index is 2660. The minimum atomic E-state index is -1.35. The van der Waals surface area contributed by atoms with E-state index in [-0.39, 0.29) is 30.4 Å². The summed E-state index contributed by atoms with van der Waals surface area (Å²) in [6.07, 6.45) is 5.57. The number of aryl methyl sites for hydroxylation is 1. The molecule has 0 unspecified atom stereocenters. The summed E-state index contributed by atoms with van der Waals surface area (Å²) in [6.45, 7) is 11.6. The van der Waals surface area contributed by atoms with Gasteiger partial charge in [0.05, 0.1) is 50.6 Å². The Morgan fingerprint density at radius 2 is 1.67 bits per heavy atom. The number of carbonyl (C=O) groups excluding carboxylic acids is 2. The average molecular weight is 928 g/mol. The number of nitrogens with one attached hydrogen (secondary N) is 3. The highest BCUT2D eigenvalue weighted by molar-refractivity contribution is 7.80. The van der Waals surface area contributed by atoms with E-state index in [1.54, 1.807) is 41.4 Å². The van der Waals surface area contributed by atoms with Crippen LogP contribution in [-0.4, -0.2) is 101 Å². The lowest BCUT2D eigenvalue weighted by molar-refractivity contribution is -0.119. The van der Waals surface area contributed by atoms with E-state index in [1.807, 2.05) is 30.0 Å². The molecule has 0 bridgehead atoms. The minimum Gasteiger partial charge on any atom is -0.508 e. The van der Waals surface area contributed by atoms with Crippen LogP contribution in [0.1, 0.15) is 64.0 Å². The van der Waals surface area contributed by atoms with Crippen LogP contribution in [0.3, 0.4) is 0 Å². The molecule has 0 saturated carbocycles. The Labute approximate surface area is 393 Å². The number of phenolic OH excluding ortho intramolecular Hbond substituents is 2. The van der Waals surface area contributed by atoms with Crippen LogP contribution in [0.15, 0.2) is 91.4 Å². The quantitative estimate of drug-likeness (QED) is 0.0356. The lowest BCUT2D eigenvalue weighted by Crippen LogP contribution is -2.41. The number of pyridine rings is 2. The van der Waals surface area contributed by atoms with Crippen molar-refractivity contribution >= 4 is 57.9 Å². The molecule has 0 aliphatic carbocycles. The zero-order valence-corrected chi connectivity index (χ0v) is 38.0. The van der Waals surface area contributed by atoms with Crippen molar-refractivity contribution in [2.45, 2.75) is 44.8 Å². The van der Waals surface area contributed by atoms with E-state index in [0.29, 0.717) is 101 Å². The number of nitrogen functional groups attached to an aromatic ring is 1. The monoisotopic (exact) mass is 927 g/mol. The third-order valence-corrected chi connectivity index (χ3v) is 12.5. The van der Waals surface area contributed by atoms with Crippen LogP contribution in [0.25, 0.3) is 0 Å². The van der Waals surface area contributed by atoms with Gasteiger partial charge in [-0.1, -0.05) is 25.1 Å². The first kappa shape index (κ1) is 45.2. The molecule has 0 atom stereocenters. The molecule has 5 aromatic rings. The number of piperidine rings is 1. The lowest BCUT2D eigenvalue weighted by Gasteiger charge is -2.36. The number of nitrogens with two attached hydrogens (primary N) is 1. The molecular weight excluding hydrogens is 875 g/mol. The second-order valence-electron chi connectivity index (χ2n) is 16.8. The highest BCUT2D eigenvalue weighted by atomic mass is 32.1. The number of likely N-dealkylation sites (tertiary alicyclic amines) is 1. The fraction of sp³-hybridized carbons (Fsp3) is 0.327. The number of thiocarbonyl (C=S) groups is 1. The Balaban J connectivity index is 0.727. The molecule has 1 fully saturated rings. The van der Waals surface area contributed by atoms with Gasteiger partial charge in [0.1, 0.15) is 46.1 Å². The van der Waals surface area contributed by atoms with Crippen LogP contribution in [0.4, 0.5) is 28.7 Å². The van der Waals surface area contributed by atoms with Gasteiger partial charge in [-0.3, -0.25) is 9.69 Å². The standard InChI is InChI=1S/C49H53N9O8S/c1-30-24-40-45(46(50)53-30)54-31(2)58(40)29-32-6-13-43(52-28-32)57(19-18-56-16-4-3-5-17-56)44(61)14-20-63-22-23-64-21-15-51-48(67)55-33-7-10-37-36(25-33)47(62)66-49(37)38-11-8-34(59)26-41(38)65-42-27-35(60)9-12-39(42)49/h6-13,24-28,54,59-60H,2-5,14-23,29H2,1H3,(H2,50,53)(H2,51,55,67). The summed E-state index contributed by atoms with van der Waals surface area (Å²) in [7, 11) is 0. The third kappa shape index (κ3) is 9.51. The van der Waals surface area contributed by atoms with Gasteiger partial charge in [0.2, 0.25) is 5.91 Å². The second kappa shape index (κ2) is 19.5. The molecule has 1 spiro atoms. The third-order valence-electron chi connectivity index (χ3n) is 12.3. The SMILES string of the molecule is C=C1Nc2c(cc(C)nc2N)N1Cc1ccc(N(CCN2CCCCC2)C(=O)CCOCCOCCNC(=S)Nc2ccc3c(c2)C(=O)OC32c3ccc(O)cc3Oc3cc(O)ccc32)nc1. The minimum absolute atomic E-state index is 0.0179. The van der Waals surface area contributed by atoms with Gasteiger partial charge < -0.3 is 60.6 Å². The predicted octanol–water partition coefficient (Wildman–Crippen LogP) is 6.48. The number of esters is 1. The number of hydrogen-bond acceptors (Lipinski definition) is 15. The number of benzene rings is 3. The zero-order chi connectivity index (χ0) is 46.7. The molecule has 6 heterocycles. The predicted molar refractivity (Wildman–Crippen MR) is 258 cm³/mol. The van der Waals surface area contributed by atoms with Gasteiger partial charge in [0, 0.05) is 66.0 Å². The summed E-state index contributed by atoms with van der Waals surface area (Å²) in [4.78, 5) is 42.5. The van der Waals surface area contributed by atoms with E-state index in [0.717, 1.165) is 42.3 Å². The molecule has 3 aromatic carbocycles. The number of amides is 1. The maximum Gasteiger partial charge on any atom is 0.340 e. The van der Waals surface area contributed by atoms with Crippen molar-refractivity contribution in [3.05, 3.63) is 125 Å². The molecule has 1 saturated heterocycles. The fourth-order valence-corrected chi connectivity index (χ4v) is 9.23. The zero-order valence-electron chi connectivity index (χ0n) is 37.2. The molecule has 67 heavy (non-hydrogen) atoms. The maximum atomic E-state index is 13.7. The summed E-state index contributed by atoms with van der Waals surface area (Å²) in [5.41, 5.74) is 10.8. The summed E-state index contributed by atoms with van der Waals surface area (Å²) >= 11 is 5.53. The van der Waals surface area contributed by atoms with Crippen LogP contribution in [0.2, 0.25) is 0 Å². The molecule has 0 radical (unpaired) electrons. The fourth-order valence-electron chi connectivity index (χ4n) is 9.01. The van der Waals surface area contributed by atoms with Gasteiger partial charge >= 0.3 is 5.97 Å². The first-order valence-corrected chi connectivity index (χ1v) is 22.8. The van der Waals surface area contributed by atoms with Crippen molar-refractivity contribution in [2.75, 3.05) is 85.3 Å². The van der Waals surface area contributed by atoms with Crippen molar-refractivity contribution in [2.24, 2.45) is 0 Å². The largest absolute Gasteiger partial charge is 0.508 e. The Morgan fingerprint density at radius 3 is 2.39 bits per heavy atom.